The van der Waals surface area contributed by atoms with Crippen molar-refractivity contribution in [1.82, 2.24) is 5.32 Å². The van der Waals surface area contributed by atoms with E-state index >= 15 is 0 Å². The smallest absolute Gasteiger partial charge is 0.328 e. The normalized spacial score (nSPS) is 11.9. The molecule has 0 heterocycles. The molecule has 0 aliphatic heterocycles. The van der Waals surface area contributed by atoms with Crippen molar-refractivity contribution in [3.63, 3.8) is 0 Å². The van der Waals surface area contributed by atoms with Crippen molar-refractivity contribution in [3.8, 4) is 0 Å². The molecule has 0 saturated carbocycles. The Bertz CT molecular complexity index is 987. The molecule has 0 bridgehead atoms. The van der Waals surface area contributed by atoms with Crippen LogP contribution in [0.4, 0.5) is 0 Å². The fourth-order valence-corrected chi connectivity index (χ4v) is 3.36. The Labute approximate surface area is 163 Å². The van der Waals surface area contributed by atoms with Gasteiger partial charge in [-0.05, 0) is 34.0 Å². The third kappa shape index (κ3) is 4.03. The molecule has 1 N–H and O–H groups in total. The molecule has 28 heavy (non-hydrogen) atoms. The molecule has 3 aromatic rings. The molecule has 0 fully saturated rings. The van der Waals surface area contributed by atoms with Gasteiger partial charge in [0, 0.05) is 12.8 Å². The van der Waals surface area contributed by atoms with Crippen molar-refractivity contribution in [3.05, 3.63) is 60.2 Å². The average Bonchev–Trinajstić information content (AvgIpc) is 2.73. The number of esters is 1. The largest absolute Gasteiger partial charge is 0.467 e. The highest BCUT2D eigenvalue weighted by Crippen LogP contribution is 2.28. The van der Waals surface area contributed by atoms with E-state index in [0.29, 0.717) is 12.0 Å². The summed E-state index contributed by atoms with van der Waals surface area (Å²) in [6, 6.07) is 16.5. The number of methoxy groups -OCH3 is 1. The summed E-state index contributed by atoms with van der Waals surface area (Å²) in [5.74, 6) is -0.868. The van der Waals surface area contributed by atoms with Crippen molar-refractivity contribution in [2.75, 3.05) is 7.11 Å². The SMILES string of the molecule is CCC(=O)CC[C@H](NC(=O)c1c2ccccc2cc2ccccc12)C(=O)OC. The van der Waals surface area contributed by atoms with Crippen LogP contribution in [0.1, 0.15) is 36.5 Å². The molecule has 1 amide bonds. The zero-order valence-electron chi connectivity index (χ0n) is 16.0. The molecule has 3 rings (SSSR count). The van der Waals surface area contributed by atoms with Gasteiger partial charge in [-0.3, -0.25) is 9.59 Å². The Balaban J connectivity index is 2.00. The average molecular weight is 377 g/mol. The molecule has 5 nitrogen and oxygen atoms in total. The Morgan fingerprint density at radius 1 is 0.964 bits per heavy atom. The van der Waals surface area contributed by atoms with Crippen molar-refractivity contribution in [2.24, 2.45) is 0 Å². The van der Waals surface area contributed by atoms with Crippen LogP contribution < -0.4 is 5.32 Å². The summed E-state index contributed by atoms with van der Waals surface area (Å²) in [5.41, 5.74) is 0.518. The van der Waals surface area contributed by atoms with Gasteiger partial charge in [-0.1, -0.05) is 55.5 Å². The minimum absolute atomic E-state index is 0.0405. The lowest BCUT2D eigenvalue weighted by molar-refractivity contribution is -0.143. The Morgan fingerprint density at radius 3 is 2.07 bits per heavy atom. The van der Waals surface area contributed by atoms with Gasteiger partial charge < -0.3 is 10.1 Å². The monoisotopic (exact) mass is 377 g/mol. The summed E-state index contributed by atoms with van der Waals surface area (Å²) in [6.07, 6.45) is 0.830. The van der Waals surface area contributed by atoms with Gasteiger partial charge in [-0.15, -0.1) is 0 Å². The zero-order valence-corrected chi connectivity index (χ0v) is 16.0. The first-order valence-corrected chi connectivity index (χ1v) is 9.36. The van der Waals surface area contributed by atoms with Crippen molar-refractivity contribution in [1.29, 1.82) is 0 Å². The summed E-state index contributed by atoms with van der Waals surface area (Å²) >= 11 is 0. The summed E-state index contributed by atoms with van der Waals surface area (Å²) in [7, 11) is 1.27. The number of rotatable bonds is 7. The van der Waals surface area contributed by atoms with E-state index in [9.17, 15) is 14.4 Å². The molecular formula is C23H23NO4. The molecule has 5 heteroatoms. The molecule has 3 aromatic carbocycles. The van der Waals surface area contributed by atoms with Gasteiger partial charge >= 0.3 is 5.97 Å². The number of benzene rings is 3. The Hall–Kier alpha value is -3.21. The number of carbonyl (C=O) groups excluding carboxylic acids is 3. The number of hydrogen-bond acceptors (Lipinski definition) is 4. The van der Waals surface area contributed by atoms with Crippen LogP contribution in [-0.2, 0) is 14.3 Å². The molecule has 0 aliphatic rings. The lowest BCUT2D eigenvalue weighted by Gasteiger charge is -2.18. The first-order valence-electron chi connectivity index (χ1n) is 9.36. The van der Waals surface area contributed by atoms with Crippen LogP contribution in [0.25, 0.3) is 21.5 Å². The molecule has 0 unspecified atom stereocenters. The van der Waals surface area contributed by atoms with Gasteiger partial charge in [-0.25, -0.2) is 4.79 Å². The summed E-state index contributed by atoms with van der Waals surface area (Å²) in [4.78, 5) is 37.0. The molecule has 144 valence electrons. The van der Waals surface area contributed by atoms with Crippen LogP contribution in [-0.4, -0.2) is 30.8 Å². The number of fused-ring (bicyclic) bond motifs is 2. The predicted molar refractivity (Wildman–Crippen MR) is 109 cm³/mol. The second kappa shape index (κ2) is 8.65. The first-order chi connectivity index (χ1) is 13.5. The number of hydrogen-bond donors (Lipinski definition) is 1. The van der Waals surface area contributed by atoms with E-state index in [1.54, 1.807) is 6.92 Å². The maximum Gasteiger partial charge on any atom is 0.328 e. The summed E-state index contributed by atoms with van der Waals surface area (Å²) in [5, 5.41) is 6.30. The first kappa shape index (κ1) is 19.5. The minimum Gasteiger partial charge on any atom is -0.467 e. The minimum atomic E-state index is -0.870. The molecule has 0 radical (unpaired) electrons. The van der Waals surface area contributed by atoms with Gasteiger partial charge in [0.25, 0.3) is 5.91 Å². The van der Waals surface area contributed by atoms with E-state index in [4.69, 9.17) is 4.74 Å². The van der Waals surface area contributed by atoms with Crippen LogP contribution in [0.5, 0.6) is 0 Å². The highest BCUT2D eigenvalue weighted by molar-refractivity contribution is 6.18. The van der Waals surface area contributed by atoms with Crippen LogP contribution in [0.2, 0.25) is 0 Å². The molecular weight excluding hydrogens is 354 g/mol. The van der Waals surface area contributed by atoms with Gasteiger partial charge in [0.15, 0.2) is 0 Å². The number of nitrogens with one attached hydrogen (secondary N) is 1. The van der Waals surface area contributed by atoms with Crippen LogP contribution in [0.15, 0.2) is 54.6 Å². The topological polar surface area (TPSA) is 72.5 Å². The van der Waals surface area contributed by atoms with Crippen LogP contribution in [0, 0.1) is 0 Å². The number of amides is 1. The second-order valence-corrected chi connectivity index (χ2v) is 6.67. The van der Waals surface area contributed by atoms with Crippen LogP contribution in [0.3, 0.4) is 0 Å². The molecule has 1 atom stereocenters. The van der Waals surface area contributed by atoms with Gasteiger partial charge in [0.1, 0.15) is 11.8 Å². The molecule has 0 spiro atoms. The van der Waals surface area contributed by atoms with Crippen molar-refractivity contribution in [2.45, 2.75) is 32.2 Å². The fraction of sp³-hybridized carbons (Fsp3) is 0.261. The highest BCUT2D eigenvalue weighted by atomic mass is 16.5. The number of Topliss-reactive ketones (excluding diaryl/α,β-unsaturated/α-hetero) is 1. The van der Waals surface area contributed by atoms with Crippen LogP contribution >= 0.6 is 0 Å². The van der Waals surface area contributed by atoms with Crippen molar-refractivity contribution < 1.29 is 19.1 Å². The molecule has 0 aromatic heterocycles. The predicted octanol–water partition coefficient (Wildman–Crippen LogP) is 4.02. The molecule has 0 saturated heterocycles. The zero-order chi connectivity index (χ0) is 20.1. The lowest BCUT2D eigenvalue weighted by atomic mass is 9.96. The summed E-state index contributed by atoms with van der Waals surface area (Å²) < 4.78 is 4.83. The van der Waals surface area contributed by atoms with Crippen molar-refractivity contribution >= 4 is 39.2 Å². The van der Waals surface area contributed by atoms with Gasteiger partial charge in [0.2, 0.25) is 0 Å². The number of carbonyl (C=O) groups is 3. The second-order valence-electron chi connectivity index (χ2n) is 6.67. The lowest BCUT2D eigenvalue weighted by Crippen LogP contribution is -2.42. The van der Waals surface area contributed by atoms with E-state index in [0.717, 1.165) is 21.5 Å². The Morgan fingerprint density at radius 2 is 1.54 bits per heavy atom. The standard InChI is InChI=1S/C23H23NO4/c1-3-17(25)12-13-20(23(27)28-2)24-22(26)21-18-10-6-4-8-15(18)14-16-9-5-7-11-19(16)21/h4-11,14,20H,3,12-13H2,1-2H3,(H,24,26)/t20-/m0/s1. The quantitative estimate of drug-likeness (QED) is 0.498. The summed E-state index contributed by atoms with van der Waals surface area (Å²) in [6.45, 7) is 1.77. The van der Waals surface area contributed by atoms with E-state index in [-0.39, 0.29) is 24.5 Å². The van der Waals surface area contributed by atoms with E-state index in [2.05, 4.69) is 5.32 Å². The number of ether oxygens (including phenoxy) is 1. The highest BCUT2D eigenvalue weighted by Gasteiger charge is 2.24. The fourth-order valence-electron chi connectivity index (χ4n) is 3.36. The molecule has 0 aliphatic carbocycles. The van der Waals surface area contributed by atoms with Gasteiger partial charge in [-0.2, -0.15) is 0 Å². The Kier molecular flexibility index (Phi) is 6.04. The third-order valence-electron chi connectivity index (χ3n) is 4.90. The van der Waals surface area contributed by atoms with Gasteiger partial charge in [0.05, 0.1) is 12.7 Å². The maximum absolute atomic E-state index is 13.2. The van der Waals surface area contributed by atoms with E-state index in [1.807, 2.05) is 54.6 Å². The van der Waals surface area contributed by atoms with E-state index in [1.165, 1.54) is 7.11 Å². The third-order valence-corrected chi connectivity index (χ3v) is 4.90. The van der Waals surface area contributed by atoms with E-state index < -0.39 is 12.0 Å². The number of ketones is 1. The maximum atomic E-state index is 13.2.